The van der Waals surface area contributed by atoms with E-state index in [-0.39, 0.29) is 5.69 Å². The third-order valence-corrected chi connectivity index (χ3v) is 3.66. The van der Waals surface area contributed by atoms with Crippen LogP contribution in [0, 0.1) is 5.92 Å². The summed E-state index contributed by atoms with van der Waals surface area (Å²) in [6, 6.07) is 3.49. The summed E-state index contributed by atoms with van der Waals surface area (Å²) in [5.41, 5.74) is 5.40. The molecule has 0 aliphatic carbocycles. The average molecular weight is 277 g/mol. The molecule has 0 aromatic carbocycles. The summed E-state index contributed by atoms with van der Waals surface area (Å²) >= 11 is 0. The van der Waals surface area contributed by atoms with Crippen LogP contribution in [-0.2, 0) is 0 Å². The monoisotopic (exact) mass is 277 g/mol. The first-order valence-electron chi connectivity index (χ1n) is 7.30. The number of nitrogens with zero attached hydrogens (tertiary/aromatic N) is 3. The molecule has 110 valence electrons. The number of nitrogens with one attached hydrogen (secondary N) is 1. The predicted octanol–water partition coefficient (Wildman–Crippen LogP) is 0.791. The molecule has 0 atom stereocenters. The van der Waals surface area contributed by atoms with Gasteiger partial charge in [0.1, 0.15) is 0 Å². The van der Waals surface area contributed by atoms with Crippen molar-refractivity contribution in [1.82, 2.24) is 15.5 Å². The largest absolute Gasteiger partial charge is 0.364 e. The molecule has 6 nitrogen and oxygen atoms in total. The normalized spacial score (nSPS) is 16.1. The Morgan fingerprint density at radius 1 is 1.40 bits per heavy atom. The van der Waals surface area contributed by atoms with Crippen molar-refractivity contribution in [2.75, 3.05) is 31.1 Å². The zero-order chi connectivity index (χ0) is 14.4. The molecule has 2 heterocycles. The maximum Gasteiger partial charge on any atom is 0.269 e. The second kappa shape index (κ2) is 7.19. The molecule has 20 heavy (non-hydrogen) atoms. The number of nitrogens with two attached hydrogens (primary N) is 1. The summed E-state index contributed by atoms with van der Waals surface area (Å²) in [6.45, 7) is 6.29. The number of primary amides is 1. The average Bonchev–Trinajstić information content (AvgIpc) is 2.48. The van der Waals surface area contributed by atoms with Gasteiger partial charge in [0.05, 0.1) is 0 Å². The standard InChI is InChI=1S/C14H23N5O/c1-2-9-19(10-11-5-7-16-8-6-11)13-4-3-12(14(15)20)17-18-13/h3-4,11,16H,2,5-10H2,1H3,(H2,15,20). The highest BCUT2D eigenvalue weighted by Crippen LogP contribution is 2.18. The van der Waals surface area contributed by atoms with E-state index in [4.69, 9.17) is 5.73 Å². The molecule has 0 spiro atoms. The van der Waals surface area contributed by atoms with Crippen molar-refractivity contribution in [2.45, 2.75) is 26.2 Å². The minimum absolute atomic E-state index is 0.215. The van der Waals surface area contributed by atoms with Gasteiger partial charge >= 0.3 is 0 Å². The first-order chi connectivity index (χ1) is 9.70. The van der Waals surface area contributed by atoms with Gasteiger partial charge in [0.25, 0.3) is 5.91 Å². The molecule has 2 rings (SSSR count). The van der Waals surface area contributed by atoms with Crippen LogP contribution in [0.1, 0.15) is 36.7 Å². The Labute approximate surface area is 119 Å². The number of aromatic nitrogens is 2. The van der Waals surface area contributed by atoms with E-state index in [2.05, 4.69) is 27.3 Å². The first-order valence-corrected chi connectivity index (χ1v) is 7.30. The summed E-state index contributed by atoms with van der Waals surface area (Å²) in [6.07, 6.45) is 3.46. The number of anilines is 1. The lowest BCUT2D eigenvalue weighted by molar-refractivity contribution is 0.0994. The van der Waals surface area contributed by atoms with E-state index < -0.39 is 5.91 Å². The van der Waals surface area contributed by atoms with Crippen molar-refractivity contribution in [3.63, 3.8) is 0 Å². The van der Waals surface area contributed by atoms with Gasteiger partial charge in [-0.25, -0.2) is 0 Å². The van der Waals surface area contributed by atoms with Crippen LogP contribution in [0.3, 0.4) is 0 Å². The highest BCUT2D eigenvalue weighted by molar-refractivity contribution is 5.90. The topological polar surface area (TPSA) is 84.1 Å². The van der Waals surface area contributed by atoms with Crippen molar-refractivity contribution in [3.05, 3.63) is 17.8 Å². The van der Waals surface area contributed by atoms with Crippen molar-refractivity contribution in [3.8, 4) is 0 Å². The second-order valence-corrected chi connectivity index (χ2v) is 5.28. The lowest BCUT2D eigenvalue weighted by atomic mass is 9.97. The number of hydrogen-bond acceptors (Lipinski definition) is 5. The van der Waals surface area contributed by atoms with Gasteiger partial charge in [0, 0.05) is 13.1 Å². The molecule has 1 aromatic heterocycles. The highest BCUT2D eigenvalue weighted by atomic mass is 16.1. The maximum atomic E-state index is 11.0. The van der Waals surface area contributed by atoms with E-state index >= 15 is 0 Å². The molecule has 0 saturated carbocycles. The molecule has 1 saturated heterocycles. The molecule has 1 aliphatic heterocycles. The summed E-state index contributed by atoms with van der Waals surface area (Å²) in [5, 5.41) is 11.4. The quantitative estimate of drug-likeness (QED) is 0.803. The molecule has 1 fully saturated rings. The third-order valence-electron chi connectivity index (χ3n) is 3.66. The van der Waals surface area contributed by atoms with Gasteiger partial charge in [-0.15, -0.1) is 10.2 Å². The van der Waals surface area contributed by atoms with Gasteiger partial charge in [-0.1, -0.05) is 6.92 Å². The Balaban J connectivity index is 2.04. The number of piperidine rings is 1. The van der Waals surface area contributed by atoms with E-state index in [0.29, 0.717) is 5.92 Å². The fourth-order valence-electron chi connectivity index (χ4n) is 2.57. The molecule has 1 aliphatic rings. The zero-order valence-electron chi connectivity index (χ0n) is 12.0. The fraction of sp³-hybridized carbons (Fsp3) is 0.643. The molecule has 3 N–H and O–H groups in total. The molecular weight excluding hydrogens is 254 g/mol. The third kappa shape index (κ3) is 3.90. The molecule has 1 aromatic rings. The van der Waals surface area contributed by atoms with Gasteiger partial charge in [-0.3, -0.25) is 4.79 Å². The number of carbonyl (C=O) groups excluding carboxylic acids is 1. The second-order valence-electron chi connectivity index (χ2n) is 5.28. The van der Waals surface area contributed by atoms with Gasteiger partial charge in [-0.2, -0.15) is 0 Å². The Morgan fingerprint density at radius 3 is 2.70 bits per heavy atom. The van der Waals surface area contributed by atoms with Crippen LogP contribution < -0.4 is 16.0 Å². The number of rotatable bonds is 6. The minimum Gasteiger partial charge on any atom is -0.364 e. The van der Waals surface area contributed by atoms with E-state index in [1.165, 1.54) is 12.8 Å². The summed E-state index contributed by atoms with van der Waals surface area (Å²) in [7, 11) is 0. The Kier molecular flexibility index (Phi) is 5.29. The summed E-state index contributed by atoms with van der Waals surface area (Å²) < 4.78 is 0. The summed E-state index contributed by atoms with van der Waals surface area (Å²) in [4.78, 5) is 13.3. The number of amides is 1. The molecule has 0 unspecified atom stereocenters. The highest BCUT2D eigenvalue weighted by Gasteiger charge is 2.18. The van der Waals surface area contributed by atoms with Crippen LogP contribution in [-0.4, -0.2) is 42.3 Å². The maximum absolute atomic E-state index is 11.0. The first kappa shape index (κ1) is 14.7. The molecule has 0 bridgehead atoms. The number of hydrogen-bond donors (Lipinski definition) is 2. The molecule has 6 heteroatoms. The van der Waals surface area contributed by atoms with Gasteiger partial charge in [0.2, 0.25) is 0 Å². The lowest BCUT2D eigenvalue weighted by Gasteiger charge is -2.30. The minimum atomic E-state index is -0.538. The smallest absolute Gasteiger partial charge is 0.269 e. The Morgan fingerprint density at radius 2 is 2.15 bits per heavy atom. The Hall–Kier alpha value is -1.69. The van der Waals surface area contributed by atoms with Crippen LogP contribution in [0.5, 0.6) is 0 Å². The van der Waals surface area contributed by atoms with Crippen LogP contribution in [0.2, 0.25) is 0 Å². The molecule has 0 radical (unpaired) electrons. The Bertz CT molecular complexity index is 428. The molecular formula is C14H23N5O. The van der Waals surface area contributed by atoms with E-state index in [1.54, 1.807) is 6.07 Å². The number of carbonyl (C=O) groups is 1. The van der Waals surface area contributed by atoms with E-state index in [1.807, 2.05) is 6.07 Å². The van der Waals surface area contributed by atoms with Gasteiger partial charge in [0.15, 0.2) is 11.5 Å². The van der Waals surface area contributed by atoms with Crippen LogP contribution in [0.25, 0.3) is 0 Å². The zero-order valence-corrected chi connectivity index (χ0v) is 12.0. The fourth-order valence-corrected chi connectivity index (χ4v) is 2.57. The van der Waals surface area contributed by atoms with Crippen molar-refractivity contribution < 1.29 is 4.79 Å². The van der Waals surface area contributed by atoms with Crippen molar-refractivity contribution >= 4 is 11.7 Å². The van der Waals surface area contributed by atoms with E-state index in [9.17, 15) is 4.79 Å². The SMILES string of the molecule is CCCN(CC1CCNCC1)c1ccc(C(N)=O)nn1. The van der Waals surface area contributed by atoms with Crippen LogP contribution >= 0.6 is 0 Å². The van der Waals surface area contributed by atoms with Crippen LogP contribution in [0.4, 0.5) is 5.82 Å². The van der Waals surface area contributed by atoms with Crippen molar-refractivity contribution in [1.29, 1.82) is 0 Å². The van der Waals surface area contributed by atoms with Gasteiger partial charge in [-0.05, 0) is 50.4 Å². The van der Waals surface area contributed by atoms with Crippen LogP contribution in [0.15, 0.2) is 12.1 Å². The predicted molar refractivity (Wildman–Crippen MR) is 78.6 cm³/mol. The lowest BCUT2D eigenvalue weighted by Crippen LogP contribution is -2.37. The molecule has 1 amide bonds. The van der Waals surface area contributed by atoms with Crippen molar-refractivity contribution in [2.24, 2.45) is 11.7 Å². The summed E-state index contributed by atoms with van der Waals surface area (Å²) in [5.74, 6) is 0.986. The van der Waals surface area contributed by atoms with E-state index in [0.717, 1.165) is 38.4 Å². The van der Waals surface area contributed by atoms with Gasteiger partial charge < -0.3 is 16.0 Å².